The summed E-state index contributed by atoms with van der Waals surface area (Å²) in [6.45, 7) is 14.4. The number of fused-ring (bicyclic) bond motifs is 7. The van der Waals surface area contributed by atoms with Crippen molar-refractivity contribution in [1.29, 1.82) is 0 Å². The zero-order valence-corrected chi connectivity index (χ0v) is 22.5. The number of hydrogen-bond donors (Lipinski definition) is 4. The zero-order chi connectivity index (χ0) is 24.9. The van der Waals surface area contributed by atoms with Gasteiger partial charge in [0, 0.05) is 12.0 Å². The van der Waals surface area contributed by atoms with Crippen LogP contribution in [0.1, 0.15) is 99.3 Å². The normalized spacial score (nSPS) is 56.4. The average Bonchev–Trinajstić information content (AvgIpc) is 2.77. The molecule has 0 bridgehead atoms. The molecule has 4 saturated carbocycles. The van der Waals surface area contributed by atoms with Crippen LogP contribution in [0.2, 0.25) is 0 Å². The largest absolute Gasteiger partial charge is 0.396 e. The summed E-state index contributed by atoms with van der Waals surface area (Å²) in [5, 5.41) is 43.5. The predicted octanol–water partition coefficient (Wildman–Crippen LogP) is 5.08. The molecule has 5 rings (SSSR count). The van der Waals surface area contributed by atoms with E-state index in [0.29, 0.717) is 11.8 Å². The minimum Gasteiger partial charge on any atom is -0.396 e. The van der Waals surface area contributed by atoms with Crippen molar-refractivity contribution in [3.05, 3.63) is 11.6 Å². The third-order valence-electron chi connectivity index (χ3n) is 13.4. The van der Waals surface area contributed by atoms with E-state index in [9.17, 15) is 20.4 Å². The van der Waals surface area contributed by atoms with Crippen LogP contribution in [-0.2, 0) is 0 Å². The van der Waals surface area contributed by atoms with Crippen molar-refractivity contribution in [3.63, 3.8) is 0 Å². The second kappa shape index (κ2) is 7.55. The Bertz CT molecular complexity index is 866. The van der Waals surface area contributed by atoms with E-state index in [0.717, 1.165) is 57.8 Å². The Labute approximate surface area is 207 Å². The molecule has 4 N–H and O–H groups in total. The Balaban J connectivity index is 1.60. The van der Waals surface area contributed by atoms with Crippen LogP contribution < -0.4 is 0 Å². The molecule has 5 aliphatic carbocycles. The minimum atomic E-state index is -0.515. The molecule has 0 spiro atoms. The van der Waals surface area contributed by atoms with Gasteiger partial charge in [0.1, 0.15) is 0 Å². The fourth-order valence-electron chi connectivity index (χ4n) is 10.8. The number of hydrogen-bond acceptors (Lipinski definition) is 4. The molecule has 194 valence electrons. The maximum Gasteiger partial charge on any atom is 0.0632 e. The first kappa shape index (κ1) is 25.2. The van der Waals surface area contributed by atoms with Gasteiger partial charge in [0.2, 0.25) is 0 Å². The second-order valence-corrected chi connectivity index (χ2v) is 15.0. The molecule has 4 fully saturated rings. The van der Waals surface area contributed by atoms with Gasteiger partial charge in [0.25, 0.3) is 0 Å². The Kier molecular flexibility index (Phi) is 5.61. The van der Waals surface area contributed by atoms with Gasteiger partial charge in [-0.05, 0) is 103 Å². The summed E-state index contributed by atoms with van der Waals surface area (Å²) >= 11 is 0. The summed E-state index contributed by atoms with van der Waals surface area (Å²) in [5.41, 5.74) is 0.945. The number of rotatable bonds is 2. The van der Waals surface area contributed by atoms with E-state index in [4.69, 9.17) is 0 Å². The van der Waals surface area contributed by atoms with Gasteiger partial charge >= 0.3 is 0 Å². The molecule has 0 saturated heterocycles. The van der Waals surface area contributed by atoms with Crippen molar-refractivity contribution in [2.45, 2.75) is 112 Å². The molecule has 0 unspecified atom stereocenters. The maximum absolute atomic E-state index is 11.7. The lowest BCUT2D eigenvalue weighted by atomic mass is 9.33. The van der Waals surface area contributed by atoms with Crippen LogP contribution in [0.25, 0.3) is 0 Å². The Morgan fingerprint density at radius 2 is 1.50 bits per heavy atom. The summed E-state index contributed by atoms with van der Waals surface area (Å²) in [6, 6.07) is 0. The van der Waals surface area contributed by atoms with Crippen molar-refractivity contribution >= 4 is 0 Å². The summed E-state index contributed by atoms with van der Waals surface area (Å²) < 4.78 is 0. The Morgan fingerprint density at radius 3 is 2.15 bits per heavy atom. The van der Waals surface area contributed by atoms with E-state index < -0.39 is 11.5 Å². The van der Waals surface area contributed by atoms with Gasteiger partial charge in [-0.25, -0.2) is 0 Å². The van der Waals surface area contributed by atoms with Crippen LogP contribution in [0, 0.1) is 50.2 Å². The lowest BCUT2D eigenvalue weighted by molar-refractivity contribution is -0.219. The predicted molar refractivity (Wildman–Crippen MR) is 135 cm³/mol. The van der Waals surface area contributed by atoms with Gasteiger partial charge in [-0.3, -0.25) is 0 Å². The van der Waals surface area contributed by atoms with Crippen LogP contribution in [0.5, 0.6) is 0 Å². The molecular weight excluding hydrogens is 424 g/mol. The Morgan fingerprint density at radius 1 is 0.794 bits per heavy atom. The van der Waals surface area contributed by atoms with E-state index in [1.54, 1.807) is 0 Å². The molecule has 0 amide bonds. The van der Waals surface area contributed by atoms with Gasteiger partial charge in [-0.15, -0.1) is 0 Å². The fraction of sp³-hybridized carbons (Fsp3) is 0.933. The van der Waals surface area contributed by atoms with Gasteiger partial charge in [0.15, 0.2) is 0 Å². The van der Waals surface area contributed by atoms with Gasteiger partial charge < -0.3 is 20.4 Å². The van der Waals surface area contributed by atoms with E-state index in [2.05, 4.69) is 47.6 Å². The van der Waals surface area contributed by atoms with E-state index >= 15 is 0 Å². The summed E-state index contributed by atoms with van der Waals surface area (Å²) in [4.78, 5) is 0. The molecule has 4 heteroatoms. The lowest BCUT2D eigenvalue weighted by Crippen LogP contribution is -2.67. The van der Waals surface area contributed by atoms with E-state index in [1.807, 2.05) is 0 Å². The second-order valence-electron chi connectivity index (χ2n) is 15.0. The smallest absolute Gasteiger partial charge is 0.0632 e. The molecule has 0 aromatic heterocycles. The first-order chi connectivity index (χ1) is 15.7. The molecule has 0 aromatic rings. The lowest BCUT2D eigenvalue weighted by Gasteiger charge is -2.72. The van der Waals surface area contributed by atoms with Crippen molar-refractivity contribution in [3.8, 4) is 0 Å². The summed E-state index contributed by atoms with van der Waals surface area (Å²) in [7, 11) is 0. The van der Waals surface area contributed by atoms with Gasteiger partial charge in [-0.1, -0.05) is 53.2 Å². The highest BCUT2D eigenvalue weighted by Gasteiger charge is 2.69. The minimum absolute atomic E-state index is 0.0276. The maximum atomic E-state index is 11.7. The van der Waals surface area contributed by atoms with Crippen molar-refractivity contribution < 1.29 is 20.4 Å². The standard InChI is InChI=1S/C30H50O4/c1-25(2)21-9-12-28(5)22(27(21,4)11-10-23(25)33)8-7-19-20-15-26(3,17-31)13-14-30(20,18-32)24(34)16-29(19,28)6/h7,20-24,31-34H,8-18H2,1-6H3/t20-,21-,22+,23-,24+,26-,27-,28+,29+,30+/m0/s1. The molecule has 0 aromatic carbocycles. The zero-order valence-electron chi connectivity index (χ0n) is 22.5. The first-order valence-electron chi connectivity index (χ1n) is 14.0. The quantitative estimate of drug-likeness (QED) is 0.421. The average molecular weight is 475 g/mol. The Hall–Kier alpha value is -0.420. The summed E-state index contributed by atoms with van der Waals surface area (Å²) in [5.74, 6) is 1.17. The highest BCUT2D eigenvalue weighted by Crippen LogP contribution is 2.75. The highest BCUT2D eigenvalue weighted by molar-refractivity contribution is 5.35. The highest BCUT2D eigenvalue weighted by atomic mass is 16.3. The van der Waals surface area contributed by atoms with E-state index in [1.165, 1.54) is 5.57 Å². The topological polar surface area (TPSA) is 80.9 Å². The molecule has 4 nitrogen and oxygen atoms in total. The molecule has 0 heterocycles. The molecule has 5 aliphatic rings. The molecular formula is C30H50O4. The number of aliphatic hydroxyl groups is 4. The number of aliphatic hydroxyl groups excluding tert-OH is 4. The van der Waals surface area contributed by atoms with Crippen LogP contribution in [0.4, 0.5) is 0 Å². The molecule has 34 heavy (non-hydrogen) atoms. The monoisotopic (exact) mass is 474 g/mol. The van der Waals surface area contributed by atoms with Crippen molar-refractivity contribution in [2.24, 2.45) is 50.2 Å². The number of allylic oxidation sites excluding steroid dienone is 2. The third kappa shape index (κ3) is 2.92. The van der Waals surface area contributed by atoms with Crippen molar-refractivity contribution in [1.82, 2.24) is 0 Å². The van der Waals surface area contributed by atoms with Gasteiger partial charge in [-0.2, -0.15) is 0 Å². The van der Waals surface area contributed by atoms with Crippen LogP contribution in [0.15, 0.2) is 11.6 Å². The molecule has 0 aliphatic heterocycles. The third-order valence-corrected chi connectivity index (χ3v) is 13.4. The van der Waals surface area contributed by atoms with E-state index in [-0.39, 0.29) is 52.3 Å². The SMILES string of the molecule is CC1(C)[C@@H](O)CC[C@]2(C)[C@H]3CC=C4[C@@H]5C[C@@](C)(CO)CC[C@]5(CO)[C@H](O)C[C@@]4(C)[C@]3(C)CC[C@@H]12. The fourth-order valence-corrected chi connectivity index (χ4v) is 10.8. The molecule has 0 radical (unpaired) electrons. The van der Waals surface area contributed by atoms with Crippen molar-refractivity contribution in [2.75, 3.05) is 13.2 Å². The van der Waals surface area contributed by atoms with Crippen LogP contribution >= 0.6 is 0 Å². The molecule has 10 atom stereocenters. The van der Waals surface area contributed by atoms with Crippen LogP contribution in [0.3, 0.4) is 0 Å². The van der Waals surface area contributed by atoms with Gasteiger partial charge in [0.05, 0.1) is 18.8 Å². The summed E-state index contributed by atoms with van der Waals surface area (Å²) in [6.07, 6.45) is 10.3. The van der Waals surface area contributed by atoms with Crippen LogP contribution in [-0.4, -0.2) is 45.8 Å². The first-order valence-corrected chi connectivity index (χ1v) is 14.0.